The topological polar surface area (TPSA) is 15.3 Å². The third-order valence-corrected chi connectivity index (χ3v) is 4.98. The van der Waals surface area contributed by atoms with E-state index in [-0.39, 0.29) is 0 Å². The molecule has 0 radical (unpaired) electrons. The maximum absolute atomic E-state index is 3.52. The lowest BCUT2D eigenvalue weighted by Crippen LogP contribution is -2.45. The number of hydrogen-bond acceptors (Lipinski definition) is 2. The molecule has 0 spiro atoms. The first kappa shape index (κ1) is 12.2. The Morgan fingerprint density at radius 3 is 2.67 bits per heavy atom. The van der Waals surface area contributed by atoms with E-state index < -0.39 is 0 Å². The summed E-state index contributed by atoms with van der Waals surface area (Å²) in [4.78, 5) is 2.61. The fourth-order valence-corrected chi connectivity index (χ4v) is 3.51. The van der Waals surface area contributed by atoms with Crippen LogP contribution in [-0.2, 0) is 6.42 Å². The number of hydrogen-bond donors (Lipinski definition) is 1. The van der Waals surface area contributed by atoms with Crippen LogP contribution in [0.1, 0.15) is 36.9 Å². The van der Waals surface area contributed by atoms with Gasteiger partial charge in [0.05, 0.1) is 0 Å². The summed E-state index contributed by atoms with van der Waals surface area (Å²) < 4.78 is 0. The third-order valence-electron chi connectivity index (χ3n) is 4.98. The Morgan fingerprint density at radius 1 is 1.28 bits per heavy atom. The molecule has 0 saturated heterocycles. The van der Waals surface area contributed by atoms with Crippen molar-refractivity contribution < 1.29 is 0 Å². The first-order valence-corrected chi connectivity index (χ1v) is 7.19. The SMILES string of the molecule is CNC1c2ccccc2CC1N(C)C(C)C1CC1. The summed E-state index contributed by atoms with van der Waals surface area (Å²) in [5, 5.41) is 3.52. The van der Waals surface area contributed by atoms with E-state index in [1.165, 1.54) is 30.4 Å². The van der Waals surface area contributed by atoms with Crippen molar-refractivity contribution in [2.45, 2.75) is 44.3 Å². The average molecular weight is 244 g/mol. The molecule has 2 heteroatoms. The van der Waals surface area contributed by atoms with Crippen molar-refractivity contribution in [1.82, 2.24) is 10.2 Å². The highest BCUT2D eigenvalue weighted by Crippen LogP contribution is 2.39. The first-order chi connectivity index (χ1) is 8.72. The van der Waals surface area contributed by atoms with Gasteiger partial charge in [0.15, 0.2) is 0 Å². The summed E-state index contributed by atoms with van der Waals surface area (Å²) >= 11 is 0. The van der Waals surface area contributed by atoms with Gasteiger partial charge in [-0.3, -0.25) is 4.90 Å². The lowest BCUT2D eigenvalue weighted by Gasteiger charge is -2.34. The van der Waals surface area contributed by atoms with Crippen molar-refractivity contribution in [2.75, 3.05) is 14.1 Å². The minimum atomic E-state index is 0.493. The molecule has 2 aliphatic carbocycles. The van der Waals surface area contributed by atoms with Gasteiger partial charge in [0.2, 0.25) is 0 Å². The van der Waals surface area contributed by atoms with Crippen molar-refractivity contribution in [3.05, 3.63) is 35.4 Å². The van der Waals surface area contributed by atoms with Gasteiger partial charge in [-0.25, -0.2) is 0 Å². The zero-order chi connectivity index (χ0) is 12.7. The molecule has 3 rings (SSSR count). The molecule has 2 nitrogen and oxygen atoms in total. The second-order valence-corrected chi connectivity index (χ2v) is 5.98. The second-order valence-electron chi connectivity index (χ2n) is 5.98. The van der Waals surface area contributed by atoms with Crippen LogP contribution in [0.3, 0.4) is 0 Å². The molecule has 0 amide bonds. The van der Waals surface area contributed by atoms with Gasteiger partial charge in [0.1, 0.15) is 0 Å². The summed E-state index contributed by atoms with van der Waals surface area (Å²) in [5.74, 6) is 0.941. The fourth-order valence-electron chi connectivity index (χ4n) is 3.51. The van der Waals surface area contributed by atoms with Crippen LogP contribution in [-0.4, -0.2) is 31.1 Å². The van der Waals surface area contributed by atoms with Crippen LogP contribution in [0.4, 0.5) is 0 Å². The molecule has 1 N–H and O–H groups in total. The van der Waals surface area contributed by atoms with Crippen molar-refractivity contribution in [3.63, 3.8) is 0 Å². The van der Waals surface area contributed by atoms with E-state index in [1.54, 1.807) is 0 Å². The van der Waals surface area contributed by atoms with E-state index >= 15 is 0 Å². The Morgan fingerprint density at radius 2 is 2.00 bits per heavy atom. The van der Waals surface area contributed by atoms with E-state index in [1.807, 2.05) is 0 Å². The summed E-state index contributed by atoms with van der Waals surface area (Å²) in [6, 6.07) is 10.7. The zero-order valence-electron chi connectivity index (χ0n) is 11.7. The predicted molar refractivity (Wildman–Crippen MR) is 75.7 cm³/mol. The van der Waals surface area contributed by atoms with Crippen molar-refractivity contribution in [1.29, 1.82) is 0 Å². The Hall–Kier alpha value is -0.860. The minimum Gasteiger partial charge on any atom is -0.312 e. The van der Waals surface area contributed by atoms with Gasteiger partial charge in [0, 0.05) is 18.1 Å². The standard InChI is InChI=1S/C16H24N2/c1-11(12-8-9-12)18(3)15-10-13-6-4-5-7-14(13)16(15)17-2/h4-7,11-12,15-17H,8-10H2,1-3H3. The molecule has 1 aromatic rings. The Balaban J connectivity index is 1.81. The number of likely N-dealkylation sites (N-methyl/N-ethyl adjacent to an activating group) is 2. The minimum absolute atomic E-state index is 0.493. The van der Waals surface area contributed by atoms with Crippen molar-refractivity contribution in [2.24, 2.45) is 5.92 Å². The Labute approximate surface area is 110 Å². The fraction of sp³-hybridized carbons (Fsp3) is 0.625. The van der Waals surface area contributed by atoms with Gasteiger partial charge in [-0.15, -0.1) is 0 Å². The van der Waals surface area contributed by atoms with E-state index in [9.17, 15) is 0 Å². The molecular formula is C16H24N2. The monoisotopic (exact) mass is 244 g/mol. The van der Waals surface area contributed by atoms with Crippen LogP contribution in [0, 0.1) is 5.92 Å². The zero-order valence-corrected chi connectivity index (χ0v) is 11.7. The van der Waals surface area contributed by atoms with Crippen LogP contribution < -0.4 is 5.32 Å². The number of nitrogens with zero attached hydrogens (tertiary/aromatic N) is 1. The van der Waals surface area contributed by atoms with Crippen LogP contribution >= 0.6 is 0 Å². The largest absolute Gasteiger partial charge is 0.312 e. The highest BCUT2D eigenvalue weighted by Gasteiger charge is 2.39. The molecule has 3 atom stereocenters. The maximum atomic E-state index is 3.52. The van der Waals surface area contributed by atoms with Gasteiger partial charge in [-0.1, -0.05) is 24.3 Å². The molecule has 0 aliphatic heterocycles. The number of nitrogens with one attached hydrogen (secondary N) is 1. The van der Waals surface area contributed by atoms with Gasteiger partial charge in [-0.2, -0.15) is 0 Å². The van der Waals surface area contributed by atoms with Gasteiger partial charge in [0.25, 0.3) is 0 Å². The normalized spacial score (nSPS) is 28.4. The average Bonchev–Trinajstić information content (AvgIpc) is 3.17. The van der Waals surface area contributed by atoms with Crippen LogP contribution in [0.5, 0.6) is 0 Å². The molecule has 1 saturated carbocycles. The third kappa shape index (κ3) is 1.98. The van der Waals surface area contributed by atoms with E-state index in [4.69, 9.17) is 0 Å². The van der Waals surface area contributed by atoms with Crippen molar-refractivity contribution >= 4 is 0 Å². The van der Waals surface area contributed by atoms with Crippen molar-refractivity contribution in [3.8, 4) is 0 Å². The van der Waals surface area contributed by atoms with E-state index in [0.29, 0.717) is 12.1 Å². The summed E-state index contributed by atoms with van der Waals surface area (Å²) in [5.41, 5.74) is 3.02. The number of fused-ring (bicyclic) bond motifs is 1. The van der Waals surface area contributed by atoms with Gasteiger partial charge < -0.3 is 5.32 Å². The van der Waals surface area contributed by atoms with Crippen LogP contribution in [0.25, 0.3) is 0 Å². The molecule has 3 unspecified atom stereocenters. The predicted octanol–water partition coefficient (Wildman–Crippen LogP) is 2.60. The highest BCUT2D eigenvalue weighted by molar-refractivity contribution is 5.37. The van der Waals surface area contributed by atoms with Crippen LogP contribution in [0.2, 0.25) is 0 Å². The number of benzene rings is 1. The molecule has 0 heterocycles. The summed E-state index contributed by atoms with van der Waals surface area (Å²) in [6.45, 7) is 2.40. The van der Waals surface area contributed by atoms with Crippen LogP contribution in [0.15, 0.2) is 24.3 Å². The Bertz CT molecular complexity index is 425. The molecule has 0 aromatic heterocycles. The molecule has 2 aliphatic rings. The van der Waals surface area contributed by atoms with Gasteiger partial charge in [-0.05, 0) is 57.3 Å². The molecule has 1 fully saturated rings. The number of rotatable bonds is 4. The molecule has 18 heavy (non-hydrogen) atoms. The lowest BCUT2D eigenvalue weighted by atomic mass is 10.0. The molecular weight excluding hydrogens is 220 g/mol. The van der Waals surface area contributed by atoms with E-state index in [2.05, 4.69) is 55.5 Å². The quantitative estimate of drug-likeness (QED) is 0.876. The Kier molecular flexibility index (Phi) is 3.16. The van der Waals surface area contributed by atoms with E-state index in [0.717, 1.165) is 12.0 Å². The molecule has 0 bridgehead atoms. The second kappa shape index (κ2) is 4.67. The van der Waals surface area contributed by atoms with Gasteiger partial charge >= 0.3 is 0 Å². The first-order valence-electron chi connectivity index (χ1n) is 7.19. The molecule has 1 aromatic carbocycles. The summed E-state index contributed by atoms with van der Waals surface area (Å²) in [6.07, 6.45) is 4.04. The summed E-state index contributed by atoms with van der Waals surface area (Å²) in [7, 11) is 4.40. The molecule has 98 valence electrons. The highest BCUT2D eigenvalue weighted by atomic mass is 15.2. The maximum Gasteiger partial charge on any atom is 0.0481 e. The smallest absolute Gasteiger partial charge is 0.0481 e. The lowest BCUT2D eigenvalue weighted by molar-refractivity contribution is 0.144.